The van der Waals surface area contributed by atoms with E-state index in [2.05, 4.69) is 23.8 Å². The molecule has 5 nitrogen and oxygen atoms in total. The van der Waals surface area contributed by atoms with E-state index in [1.54, 1.807) is 11.8 Å². The summed E-state index contributed by atoms with van der Waals surface area (Å²) >= 11 is 0. The van der Waals surface area contributed by atoms with Gasteiger partial charge in [0.2, 0.25) is 5.88 Å². The van der Waals surface area contributed by atoms with Crippen molar-refractivity contribution >= 4 is 0 Å². The van der Waals surface area contributed by atoms with Gasteiger partial charge in [0.25, 0.3) is 0 Å². The normalized spacial score (nSPS) is 12.2. The molecule has 0 spiro atoms. The molecule has 1 aromatic heterocycles. The first-order valence-electron chi connectivity index (χ1n) is 6.85. The fourth-order valence-corrected chi connectivity index (χ4v) is 2.35. The zero-order valence-electron chi connectivity index (χ0n) is 13.0. The highest BCUT2D eigenvalue weighted by Crippen LogP contribution is 2.24. The van der Waals surface area contributed by atoms with Crippen LogP contribution in [0.1, 0.15) is 39.0 Å². The molecule has 1 N–H and O–H groups in total. The number of rotatable bonds is 7. The first-order valence-corrected chi connectivity index (χ1v) is 6.85. The molecule has 1 rings (SSSR count). The van der Waals surface area contributed by atoms with Crippen molar-refractivity contribution in [1.82, 2.24) is 14.7 Å². The minimum Gasteiger partial charge on any atom is -0.481 e. The van der Waals surface area contributed by atoms with E-state index in [9.17, 15) is 5.11 Å². The Hall–Kier alpha value is -1.07. The minimum absolute atomic E-state index is 0.630. The van der Waals surface area contributed by atoms with Crippen molar-refractivity contribution in [3.8, 4) is 5.88 Å². The van der Waals surface area contributed by atoms with E-state index >= 15 is 0 Å². The Balaban J connectivity index is 2.96. The van der Waals surface area contributed by atoms with Gasteiger partial charge in [0.05, 0.1) is 24.0 Å². The second-order valence-electron chi connectivity index (χ2n) is 5.53. The van der Waals surface area contributed by atoms with Gasteiger partial charge in [-0.25, -0.2) is 4.68 Å². The predicted octanol–water partition coefficient (Wildman–Crippen LogP) is 1.58. The molecule has 0 radical (unpaired) electrons. The highest BCUT2D eigenvalue weighted by atomic mass is 16.5. The summed E-state index contributed by atoms with van der Waals surface area (Å²) in [7, 11) is 3.57. The summed E-state index contributed by atoms with van der Waals surface area (Å²) in [6, 6.07) is 0. The summed E-state index contributed by atoms with van der Waals surface area (Å²) in [6.07, 6.45) is 0.882. The first-order chi connectivity index (χ1) is 8.82. The largest absolute Gasteiger partial charge is 0.481 e. The van der Waals surface area contributed by atoms with Gasteiger partial charge in [-0.05, 0) is 26.8 Å². The maximum absolute atomic E-state index is 9.96. The Kier molecular flexibility index (Phi) is 5.38. The molecular weight excluding hydrogens is 242 g/mol. The van der Waals surface area contributed by atoms with Crippen molar-refractivity contribution in [3.05, 3.63) is 11.3 Å². The lowest BCUT2D eigenvalue weighted by Gasteiger charge is -2.28. The number of likely N-dealkylation sites (N-methyl/N-ethyl adjacent to an activating group) is 1. The molecular formula is C14H27N3O2. The molecule has 0 aromatic carbocycles. The van der Waals surface area contributed by atoms with Gasteiger partial charge < -0.3 is 9.84 Å². The average molecular weight is 269 g/mol. The lowest BCUT2D eigenvalue weighted by Crippen LogP contribution is -2.38. The fourth-order valence-electron chi connectivity index (χ4n) is 2.35. The van der Waals surface area contributed by atoms with Gasteiger partial charge in [-0.15, -0.1) is 0 Å². The van der Waals surface area contributed by atoms with Crippen LogP contribution in [0.4, 0.5) is 0 Å². The molecule has 0 aliphatic heterocycles. The Bertz CT molecular complexity index is 408. The average Bonchev–Trinajstić information content (AvgIpc) is 2.62. The summed E-state index contributed by atoms with van der Waals surface area (Å²) in [4.78, 5) is 2.21. The van der Waals surface area contributed by atoms with Crippen molar-refractivity contribution in [1.29, 1.82) is 0 Å². The number of hydrogen-bond donors (Lipinski definition) is 1. The topological polar surface area (TPSA) is 50.5 Å². The fraction of sp³-hybridized carbons (Fsp3) is 0.786. The number of ether oxygens (including phenoxy) is 1. The third-order valence-electron chi connectivity index (χ3n) is 3.14. The van der Waals surface area contributed by atoms with Gasteiger partial charge in [0, 0.05) is 20.1 Å². The SMILES string of the molecule is CCc1nn(C)c(OC)c1CN(CC)CC(C)(C)O. The molecule has 0 atom stereocenters. The Morgan fingerprint density at radius 1 is 1.37 bits per heavy atom. The van der Waals surface area contributed by atoms with Crippen molar-refractivity contribution in [3.63, 3.8) is 0 Å². The van der Waals surface area contributed by atoms with E-state index in [1.165, 1.54) is 0 Å². The molecule has 0 unspecified atom stereocenters. The Labute approximate surface area is 116 Å². The van der Waals surface area contributed by atoms with Crippen LogP contribution >= 0.6 is 0 Å². The number of methoxy groups -OCH3 is 1. The summed E-state index contributed by atoms with van der Waals surface area (Å²) in [5.74, 6) is 0.811. The third kappa shape index (κ3) is 4.21. The van der Waals surface area contributed by atoms with E-state index in [4.69, 9.17) is 4.74 Å². The molecule has 0 amide bonds. The number of aryl methyl sites for hydroxylation is 2. The van der Waals surface area contributed by atoms with E-state index in [1.807, 2.05) is 20.9 Å². The molecule has 0 saturated heterocycles. The molecule has 5 heteroatoms. The number of aromatic nitrogens is 2. The Morgan fingerprint density at radius 2 is 2.00 bits per heavy atom. The van der Waals surface area contributed by atoms with Gasteiger partial charge >= 0.3 is 0 Å². The summed E-state index contributed by atoms with van der Waals surface area (Å²) in [6.45, 7) is 10.1. The standard InChI is InChI=1S/C14H27N3O2/c1-7-12-11(13(19-6)16(5)15-12)9-17(8-2)10-14(3,4)18/h18H,7-10H2,1-6H3. The maximum atomic E-state index is 9.96. The van der Waals surface area contributed by atoms with Gasteiger partial charge in [-0.1, -0.05) is 13.8 Å². The number of hydrogen-bond acceptors (Lipinski definition) is 4. The van der Waals surface area contributed by atoms with E-state index in [-0.39, 0.29) is 0 Å². The molecule has 0 fully saturated rings. The lowest BCUT2D eigenvalue weighted by atomic mass is 10.1. The monoisotopic (exact) mass is 269 g/mol. The number of aliphatic hydroxyl groups is 1. The van der Waals surface area contributed by atoms with E-state index < -0.39 is 5.60 Å². The molecule has 1 heterocycles. The zero-order valence-corrected chi connectivity index (χ0v) is 13.0. The molecule has 110 valence electrons. The first kappa shape index (κ1) is 16.0. The molecule has 0 saturated carbocycles. The summed E-state index contributed by atoms with van der Waals surface area (Å²) in [5.41, 5.74) is 1.49. The predicted molar refractivity (Wildman–Crippen MR) is 76.4 cm³/mol. The highest BCUT2D eigenvalue weighted by Gasteiger charge is 2.22. The van der Waals surface area contributed by atoms with Crippen molar-refractivity contribution in [2.24, 2.45) is 7.05 Å². The van der Waals surface area contributed by atoms with Gasteiger partial charge in [0.15, 0.2) is 0 Å². The second-order valence-corrected chi connectivity index (χ2v) is 5.53. The van der Waals surface area contributed by atoms with Crippen molar-refractivity contribution < 1.29 is 9.84 Å². The van der Waals surface area contributed by atoms with Crippen LogP contribution in [0.5, 0.6) is 5.88 Å². The Morgan fingerprint density at radius 3 is 2.42 bits per heavy atom. The summed E-state index contributed by atoms with van der Waals surface area (Å²) < 4.78 is 7.23. The smallest absolute Gasteiger partial charge is 0.216 e. The van der Waals surface area contributed by atoms with Crippen LogP contribution in [0.2, 0.25) is 0 Å². The van der Waals surface area contributed by atoms with Crippen molar-refractivity contribution in [2.45, 2.75) is 46.3 Å². The van der Waals surface area contributed by atoms with Crippen LogP contribution < -0.4 is 4.74 Å². The molecule has 0 aliphatic rings. The lowest BCUT2D eigenvalue weighted by molar-refractivity contribution is 0.0350. The second kappa shape index (κ2) is 6.39. The minimum atomic E-state index is -0.697. The third-order valence-corrected chi connectivity index (χ3v) is 3.14. The highest BCUT2D eigenvalue weighted by molar-refractivity contribution is 5.31. The van der Waals surface area contributed by atoms with Gasteiger partial charge in [0.1, 0.15) is 0 Å². The molecule has 0 aliphatic carbocycles. The molecule has 1 aromatic rings. The van der Waals surface area contributed by atoms with Gasteiger partial charge in [-0.2, -0.15) is 5.10 Å². The van der Waals surface area contributed by atoms with E-state index in [0.717, 1.165) is 36.6 Å². The van der Waals surface area contributed by atoms with Crippen LogP contribution in [0.3, 0.4) is 0 Å². The van der Waals surface area contributed by atoms with Crippen molar-refractivity contribution in [2.75, 3.05) is 20.2 Å². The van der Waals surface area contributed by atoms with Crippen LogP contribution in [0, 0.1) is 0 Å². The molecule has 0 bridgehead atoms. The molecule has 19 heavy (non-hydrogen) atoms. The van der Waals surface area contributed by atoms with Crippen LogP contribution in [0.25, 0.3) is 0 Å². The van der Waals surface area contributed by atoms with E-state index in [0.29, 0.717) is 6.54 Å². The zero-order chi connectivity index (χ0) is 14.6. The van der Waals surface area contributed by atoms with Crippen LogP contribution in [-0.2, 0) is 20.0 Å². The maximum Gasteiger partial charge on any atom is 0.216 e. The quantitative estimate of drug-likeness (QED) is 0.816. The summed E-state index contributed by atoms with van der Waals surface area (Å²) in [5, 5.41) is 14.4. The number of nitrogens with zero attached hydrogens (tertiary/aromatic N) is 3. The van der Waals surface area contributed by atoms with Gasteiger partial charge in [-0.3, -0.25) is 4.90 Å². The van der Waals surface area contributed by atoms with Crippen LogP contribution in [0.15, 0.2) is 0 Å². The van der Waals surface area contributed by atoms with Crippen LogP contribution in [-0.4, -0.2) is 45.6 Å².